The van der Waals surface area contributed by atoms with Gasteiger partial charge in [0.05, 0.1) is 64.6 Å². The van der Waals surface area contributed by atoms with Crippen molar-refractivity contribution in [2.45, 2.75) is 19.4 Å². The van der Waals surface area contributed by atoms with Crippen molar-refractivity contribution in [3.05, 3.63) is 80.4 Å². The number of carbonyl (C=O) groups is 1. The lowest BCUT2D eigenvalue weighted by atomic mass is 10.00. The topological polar surface area (TPSA) is 68.1 Å². The number of morpholine rings is 1. The number of benzene rings is 2. The Labute approximate surface area is 235 Å². The van der Waals surface area contributed by atoms with Crippen molar-refractivity contribution in [2.24, 2.45) is 0 Å². The molecule has 0 aliphatic carbocycles. The Bertz CT molecular complexity index is 1550. The van der Waals surface area contributed by atoms with Crippen LogP contribution in [0.15, 0.2) is 48.7 Å². The van der Waals surface area contributed by atoms with E-state index in [0.29, 0.717) is 65.5 Å². The fourth-order valence-corrected chi connectivity index (χ4v) is 5.99. The summed E-state index contributed by atoms with van der Waals surface area (Å²) in [7, 11) is 0. The van der Waals surface area contributed by atoms with Crippen molar-refractivity contribution in [3.8, 4) is 17.0 Å². The predicted octanol–water partition coefficient (Wildman–Crippen LogP) is 6.36. The van der Waals surface area contributed by atoms with Crippen LogP contribution in [0.25, 0.3) is 16.8 Å². The zero-order chi connectivity index (χ0) is 26.4. The number of halogens is 3. The van der Waals surface area contributed by atoms with Gasteiger partial charge in [-0.25, -0.2) is 4.52 Å². The minimum atomic E-state index is -0.188. The van der Waals surface area contributed by atoms with Gasteiger partial charge in [-0.3, -0.25) is 4.79 Å². The lowest BCUT2D eigenvalue weighted by Crippen LogP contribution is -2.39. The van der Waals surface area contributed by atoms with Gasteiger partial charge in [-0.1, -0.05) is 53.0 Å². The van der Waals surface area contributed by atoms with Crippen LogP contribution in [-0.4, -0.2) is 48.4 Å². The highest BCUT2D eigenvalue weighted by molar-refractivity contribution is 6.45. The average molecular weight is 572 g/mol. The molecule has 4 aromatic rings. The Morgan fingerprint density at radius 2 is 1.87 bits per heavy atom. The molecule has 2 aromatic heterocycles. The molecule has 0 bridgehead atoms. The van der Waals surface area contributed by atoms with Gasteiger partial charge in [0.2, 0.25) is 0 Å². The third-order valence-electron chi connectivity index (χ3n) is 7.05. The number of amides is 1. The van der Waals surface area contributed by atoms with Gasteiger partial charge in [-0.05, 0) is 36.8 Å². The second-order valence-corrected chi connectivity index (χ2v) is 10.7. The molecule has 2 aromatic carbocycles. The molecule has 4 heterocycles. The molecule has 1 amide bonds. The lowest BCUT2D eigenvalue weighted by Gasteiger charge is -2.31. The van der Waals surface area contributed by atoms with E-state index in [-0.39, 0.29) is 11.9 Å². The molecule has 1 atom stereocenters. The minimum Gasteiger partial charge on any atom is -0.493 e. The van der Waals surface area contributed by atoms with Crippen molar-refractivity contribution < 1.29 is 14.3 Å². The first kappa shape index (κ1) is 25.3. The molecule has 1 saturated heterocycles. The van der Waals surface area contributed by atoms with E-state index >= 15 is 0 Å². The molecular formula is C28H25Cl3N4O3. The van der Waals surface area contributed by atoms with Crippen LogP contribution >= 0.6 is 34.8 Å². The first-order valence-electron chi connectivity index (χ1n) is 12.4. The van der Waals surface area contributed by atoms with E-state index in [1.165, 1.54) is 0 Å². The van der Waals surface area contributed by atoms with Crippen LogP contribution in [-0.2, 0) is 4.74 Å². The SMILES string of the molecule is Cc1cc2c(N3CCOCC3)c(C(=O)N[C@H]3CCOc4ccccc43)cnn2c1-c1cc(Cl)cc(Cl)c1Cl. The minimum absolute atomic E-state index is 0.155. The van der Waals surface area contributed by atoms with Gasteiger partial charge in [0.25, 0.3) is 5.91 Å². The molecule has 6 rings (SSSR count). The molecule has 38 heavy (non-hydrogen) atoms. The first-order valence-corrected chi connectivity index (χ1v) is 13.6. The summed E-state index contributed by atoms with van der Waals surface area (Å²) < 4.78 is 13.2. The normalized spacial score (nSPS) is 17.3. The Morgan fingerprint density at radius 1 is 1.08 bits per heavy atom. The quantitative estimate of drug-likeness (QED) is 0.289. The molecule has 7 nitrogen and oxygen atoms in total. The third-order valence-corrected chi connectivity index (χ3v) is 8.07. The Hall–Kier alpha value is -2.97. The van der Waals surface area contributed by atoms with Gasteiger partial charge in [0.15, 0.2) is 0 Å². The van der Waals surface area contributed by atoms with E-state index in [9.17, 15) is 4.79 Å². The molecule has 0 saturated carbocycles. The largest absolute Gasteiger partial charge is 0.493 e. The molecule has 196 valence electrons. The average Bonchev–Trinajstić information content (AvgIpc) is 3.26. The molecule has 0 radical (unpaired) electrons. The standard InChI is InChI=1S/C28H25Cl3N4O3/c1-16-12-23-27(34-7-10-37-11-8-34)20(28(36)33-22-6-9-38-24-5-3-2-4-18(22)24)15-32-35(23)26(16)19-13-17(29)14-21(30)25(19)31/h2-5,12-15,22H,6-11H2,1H3,(H,33,36)/t22-/m0/s1. The number of carbonyl (C=O) groups excluding carboxylic acids is 1. The molecule has 0 spiro atoms. The fraction of sp³-hybridized carbons (Fsp3) is 0.286. The van der Waals surface area contributed by atoms with E-state index in [2.05, 4.69) is 10.2 Å². The summed E-state index contributed by atoms with van der Waals surface area (Å²) in [6.07, 6.45) is 2.31. The van der Waals surface area contributed by atoms with Crippen molar-refractivity contribution in [3.63, 3.8) is 0 Å². The van der Waals surface area contributed by atoms with Gasteiger partial charge in [0, 0.05) is 35.7 Å². The second-order valence-electron chi connectivity index (χ2n) is 9.43. The van der Waals surface area contributed by atoms with Crippen LogP contribution in [0.5, 0.6) is 5.75 Å². The number of rotatable bonds is 4. The summed E-state index contributed by atoms with van der Waals surface area (Å²) in [5, 5.41) is 9.19. The highest BCUT2D eigenvalue weighted by atomic mass is 35.5. The molecule has 1 fully saturated rings. The Kier molecular flexibility index (Phi) is 6.86. The van der Waals surface area contributed by atoms with Gasteiger partial charge in [0.1, 0.15) is 5.75 Å². The van der Waals surface area contributed by atoms with Crippen LogP contribution in [0.4, 0.5) is 5.69 Å². The number of para-hydroxylation sites is 1. The molecular weight excluding hydrogens is 547 g/mol. The summed E-state index contributed by atoms with van der Waals surface area (Å²) in [6.45, 7) is 4.99. The number of aryl methyl sites for hydroxylation is 1. The van der Waals surface area contributed by atoms with Gasteiger partial charge >= 0.3 is 0 Å². The number of nitrogens with zero attached hydrogens (tertiary/aromatic N) is 3. The van der Waals surface area contributed by atoms with Crippen LogP contribution < -0.4 is 15.0 Å². The maximum atomic E-state index is 13.8. The van der Waals surface area contributed by atoms with E-state index in [4.69, 9.17) is 49.4 Å². The Balaban J connectivity index is 1.47. The highest BCUT2D eigenvalue weighted by Crippen LogP contribution is 2.41. The summed E-state index contributed by atoms with van der Waals surface area (Å²) in [6, 6.07) is 13.1. The zero-order valence-electron chi connectivity index (χ0n) is 20.6. The number of anilines is 1. The lowest BCUT2D eigenvalue weighted by molar-refractivity contribution is 0.0923. The van der Waals surface area contributed by atoms with Gasteiger partial charge in [-0.15, -0.1) is 0 Å². The van der Waals surface area contributed by atoms with Crippen LogP contribution in [0.3, 0.4) is 0 Å². The number of ether oxygens (including phenoxy) is 2. The van der Waals surface area contributed by atoms with Crippen LogP contribution in [0, 0.1) is 6.92 Å². The van der Waals surface area contributed by atoms with Crippen molar-refractivity contribution in [2.75, 3.05) is 37.8 Å². The van der Waals surface area contributed by atoms with Gasteiger partial charge < -0.3 is 19.7 Å². The molecule has 2 aliphatic heterocycles. The number of fused-ring (bicyclic) bond motifs is 2. The Morgan fingerprint density at radius 3 is 2.68 bits per heavy atom. The third kappa shape index (κ3) is 4.47. The maximum absolute atomic E-state index is 13.8. The van der Waals surface area contributed by atoms with Crippen molar-refractivity contribution >= 4 is 51.9 Å². The maximum Gasteiger partial charge on any atom is 0.255 e. The van der Waals surface area contributed by atoms with Gasteiger partial charge in [-0.2, -0.15) is 5.10 Å². The van der Waals surface area contributed by atoms with Crippen molar-refractivity contribution in [1.82, 2.24) is 14.9 Å². The van der Waals surface area contributed by atoms with E-state index in [0.717, 1.165) is 33.8 Å². The highest BCUT2D eigenvalue weighted by Gasteiger charge is 2.29. The molecule has 2 aliphatic rings. The molecule has 0 unspecified atom stereocenters. The van der Waals surface area contributed by atoms with Crippen molar-refractivity contribution in [1.29, 1.82) is 0 Å². The number of aromatic nitrogens is 2. The summed E-state index contributed by atoms with van der Waals surface area (Å²) in [5.74, 6) is 0.613. The van der Waals surface area contributed by atoms with Crippen LogP contribution in [0.1, 0.15) is 33.9 Å². The molecule has 10 heteroatoms. The molecule has 1 N–H and O–H groups in total. The zero-order valence-corrected chi connectivity index (χ0v) is 22.9. The van der Waals surface area contributed by atoms with E-state index in [1.54, 1.807) is 18.3 Å². The van der Waals surface area contributed by atoms with Crippen LogP contribution in [0.2, 0.25) is 15.1 Å². The van der Waals surface area contributed by atoms with E-state index in [1.807, 2.05) is 41.8 Å². The number of hydrogen-bond acceptors (Lipinski definition) is 5. The van der Waals surface area contributed by atoms with E-state index < -0.39 is 0 Å². The summed E-state index contributed by atoms with van der Waals surface area (Å²) >= 11 is 19.3. The smallest absolute Gasteiger partial charge is 0.255 e. The fourth-order valence-electron chi connectivity index (χ4n) is 5.29. The summed E-state index contributed by atoms with van der Waals surface area (Å²) in [4.78, 5) is 16.0. The second kappa shape index (κ2) is 10.3. The monoisotopic (exact) mass is 570 g/mol. The number of nitrogens with one attached hydrogen (secondary N) is 1. The first-order chi connectivity index (χ1) is 18.4. The number of hydrogen-bond donors (Lipinski definition) is 1. The predicted molar refractivity (Wildman–Crippen MR) is 150 cm³/mol. The summed E-state index contributed by atoms with van der Waals surface area (Å²) in [5.41, 5.74) is 5.46.